The highest BCUT2D eigenvalue weighted by Gasteiger charge is 2.69. The molecule has 5 rings (SSSR count). The average Bonchev–Trinajstić information content (AvgIpc) is 3.36. The fourth-order valence-electron chi connectivity index (χ4n) is 4.93. The molecule has 2 heterocycles. The van der Waals surface area contributed by atoms with Crippen LogP contribution in [0.4, 0.5) is 10.1 Å². The molecule has 1 aliphatic heterocycles. The summed E-state index contributed by atoms with van der Waals surface area (Å²) in [5.41, 5.74) is 1.31. The van der Waals surface area contributed by atoms with Gasteiger partial charge in [-0.3, -0.25) is 9.78 Å². The number of nitrogens with zero attached hydrogens (tertiary/aromatic N) is 2. The van der Waals surface area contributed by atoms with Crippen LogP contribution in [0.5, 0.6) is 0 Å². The van der Waals surface area contributed by atoms with E-state index in [9.17, 15) is 9.18 Å². The fraction of sp³-hybridized carbons (Fsp3) is 0.350. The normalized spacial score (nSPS) is 31.3. The Morgan fingerprint density at radius 1 is 1.23 bits per heavy atom. The van der Waals surface area contributed by atoms with Crippen LogP contribution in [0.15, 0.2) is 53.9 Å². The highest BCUT2D eigenvalue weighted by atomic mass is 19.1. The topological polar surface area (TPSA) is 63.6 Å². The molecule has 26 heavy (non-hydrogen) atoms. The molecule has 6 heteroatoms. The van der Waals surface area contributed by atoms with Crippen molar-refractivity contribution in [3.8, 4) is 0 Å². The maximum atomic E-state index is 13.3. The van der Waals surface area contributed by atoms with E-state index in [4.69, 9.17) is 4.84 Å². The first-order valence-corrected chi connectivity index (χ1v) is 8.92. The molecule has 0 saturated heterocycles. The summed E-state index contributed by atoms with van der Waals surface area (Å²) in [7, 11) is 0. The van der Waals surface area contributed by atoms with Gasteiger partial charge in [-0.2, -0.15) is 0 Å². The third-order valence-electron chi connectivity index (χ3n) is 6.02. The number of pyridine rings is 1. The summed E-state index contributed by atoms with van der Waals surface area (Å²) in [5.74, 6) is -0.0515. The molecule has 3 aliphatic rings. The van der Waals surface area contributed by atoms with Crippen molar-refractivity contribution in [1.82, 2.24) is 4.98 Å². The largest absolute Gasteiger partial charge is 0.378 e. The molecule has 1 aromatic carbocycles. The van der Waals surface area contributed by atoms with Gasteiger partial charge in [0.2, 0.25) is 5.60 Å². The van der Waals surface area contributed by atoms with Crippen molar-refractivity contribution in [3.63, 3.8) is 0 Å². The van der Waals surface area contributed by atoms with Gasteiger partial charge in [-0.25, -0.2) is 4.39 Å². The van der Waals surface area contributed by atoms with E-state index in [0.717, 1.165) is 30.5 Å². The molecule has 0 spiro atoms. The Kier molecular flexibility index (Phi) is 3.35. The summed E-state index contributed by atoms with van der Waals surface area (Å²) in [6, 6.07) is 9.60. The number of oxime groups is 1. The van der Waals surface area contributed by atoms with Crippen LogP contribution in [0.2, 0.25) is 0 Å². The Labute approximate surface area is 150 Å². The van der Waals surface area contributed by atoms with Gasteiger partial charge in [-0.1, -0.05) is 5.16 Å². The van der Waals surface area contributed by atoms with Crippen LogP contribution in [0.3, 0.4) is 0 Å². The lowest BCUT2D eigenvalue weighted by Gasteiger charge is -2.35. The van der Waals surface area contributed by atoms with Crippen molar-refractivity contribution >= 4 is 17.3 Å². The Bertz CT molecular complexity index is 884. The minimum absolute atomic E-state index is 0.0640. The molecular weight excluding hydrogens is 333 g/mol. The van der Waals surface area contributed by atoms with Crippen molar-refractivity contribution in [2.24, 2.45) is 22.9 Å². The zero-order valence-corrected chi connectivity index (χ0v) is 14.1. The second-order valence-corrected chi connectivity index (χ2v) is 7.31. The molecule has 1 N–H and O–H groups in total. The summed E-state index contributed by atoms with van der Waals surface area (Å²) in [6.45, 7) is 0. The van der Waals surface area contributed by atoms with E-state index in [1.165, 1.54) is 12.1 Å². The second-order valence-electron chi connectivity index (χ2n) is 7.31. The maximum Gasteiger partial charge on any atom is 0.272 e. The Morgan fingerprint density at radius 3 is 2.85 bits per heavy atom. The number of fused-ring (bicyclic) bond motifs is 5. The van der Waals surface area contributed by atoms with Gasteiger partial charge in [0.05, 0.1) is 11.6 Å². The van der Waals surface area contributed by atoms with Gasteiger partial charge >= 0.3 is 0 Å². The predicted molar refractivity (Wildman–Crippen MR) is 93.9 cm³/mol. The Morgan fingerprint density at radius 2 is 2.08 bits per heavy atom. The lowest BCUT2D eigenvalue weighted by molar-refractivity contribution is -0.149. The first kappa shape index (κ1) is 15.5. The van der Waals surface area contributed by atoms with Gasteiger partial charge in [0.25, 0.3) is 5.91 Å². The molecule has 2 bridgehead atoms. The predicted octanol–water partition coefficient (Wildman–Crippen LogP) is 3.38. The van der Waals surface area contributed by atoms with E-state index in [1.807, 2.05) is 12.1 Å². The minimum atomic E-state index is -0.970. The van der Waals surface area contributed by atoms with Crippen molar-refractivity contribution in [2.75, 3.05) is 5.32 Å². The third-order valence-corrected chi connectivity index (χ3v) is 6.02. The number of hydrogen-bond donors (Lipinski definition) is 1. The van der Waals surface area contributed by atoms with Crippen LogP contribution in [0.25, 0.3) is 0 Å². The van der Waals surface area contributed by atoms with Crippen LogP contribution in [-0.2, 0) is 9.63 Å². The van der Waals surface area contributed by atoms with Gasteiger partial charge < -0.3 is 10.2 Å². The summed E-state index contributed by atoms with van der Waals surface area (Å²) in [4.78, 5) is 23.3. The molecule has 1 aromatic heterocycles. The van der Waals surface area contributed by atoms with E-state index >= 15 is 0 Å². The van der Waals surface area contributed by atoms with Gasteiger partial charge in [0, 0.05) is 29.6 Å². The maximum absolute atomic E-state index is 13.3. The zero-order chi connectivity index (χ0) is 17.7. The first-order valence-electron chi connectivity index (χ1n) is 8.92. The monoisotopic (exact) mass is 351 g/mol. The summed E-state index contributed by atoms with van der Waals surface area (Å²) >= 11 is 0. The number of halogens is 1. The van der Waals surface area contributed by atoms with Crippen LogP contribution < -0.4 is 5.32 Å². The molecule has 2 aromatic rings. The quantitative estimate of drug-likeness (QED) is 0.922. The Balaban J connectivity index is 1.49. The standard InChI is InChI=1S/C20H18FN3O2/c21-15-5-7-16(8-6-15)23-19(25)20-14-4-3-12(10-14)17(20)18(24-26-20)13-2-1-9-22-11-13/h1-2,5-9,11-12,14,17H,3-4,10H2,(H,23,25). The summed E-state index contributed by atoms with van der Waals surface area (Å²) in [5, 5.41) is 7.25. The number of hydrogen-bond acceptors (Lipinski definition) is 4. The lowest BCUT2D eigenvalue weighted by atomic mass is 9.72. The van der Waals surface area contributed by atoms with Crippen LogP contribution in [0.1, 0.15) is 24.8 Å². The van der Waals surface area contributed by atoms with Crippen LogP contribution in [0, 0.1) is 23.6 Å². The average molecular weight is 351 g/mol. The van der Waals surface area contributed by atoms with Crippen LogP contribution in [-0.4, -0.2) is 22.2 Å². The van der Waals surface area contributed by atoms with Crippen LogP contribution >= 0.6 is 0 Å². The number of amides is 1. The molecular formula is C20H18FN3O2. The number of rotatable bonds is 3. The van der Waals surface area contributed by atoms with E-state index in [2.05, 4.69) is 15.5 Å². The van der Waals surface area contributed by atoms with Gasteiger partial charge in [0.1, 0.15) is 5.82 Å². The molecule has 2 saturated carbocycles. The highest BCUT2D eigenvalue weighted by molar-refractivity contribution is 6.10. The fourth-order valence-corrected chi connectivity index (χ4v) is 4.93. The number of aromatic nitrogens is 1. The molecule has 1 amide bonds. The minimum Gasteiger partial charge on any atom is -0.378 e. The molecule has 2 fully saturated rings. The molecule has 4 unspecified atom stereocenters. The number of anilines is 1. The Hall–Kier alpha value is -2.76. The summed E-state index contributed by atoms with van der Waals surface area (Å²) in [6.07, 6.45) is 6.51. The first-order chi connectivity index (χ1) is 12.7. The van der Waals surface area contributed by atoms with Gasteiger partial charge in [0.15, 0.2) is 0 Å². The molecule has 5 nitrogen and oxygen atoms in total. The van der Waals surface area contributed by atoms with E-state index < -0.39 is 5.60 Å². The molecule has 4 atom stereocenters. The summed E-state index contributed by atoms with van der Waals surface area (Å²) < 4.78 is 13.1. The highest BCUT2D eigenvalue weighted by Crippen LogP contribution is 2.60. The molecule has 0 radical (unpaired) electrons. The van der Waals surface area contributed by atoms with E-state index in [1.54, 1.807) is 24.5 Å². The van der Waals surface area contributed by atoms with E-state index in [0.29, 0.717) is 11.6 Å². The van der Waals surface area contributed by atoms with E-state index in [-0.39, 0.29) is 23.6 Å². The third kappa shape index (κ3) is 2.11. The smallest absolute Gasteiger partial charge is 0.272 e. The van der Waals surface area contributed by atoms with Crippen molar-refractivity contribution in [1.29, 1.82) is 0 Å². The number of carbonyl (C=O) groups excluding carboxylic acids is 1. The molecule has 2 aliphatic carbocycles. The number of benzene rings is 1. The van der Waals surface area contributed by atoms with Gasteiger partial charge in [-0.05, 0) is 61.6 Å². The van der Waals surface area contributed by atoms with Crippen molar-refractivity contribution < 1.29 is 14.0 Å². The SMILES string of the molecule is O=C(Nc1ccc(F)cc1)C12ON=C(c3cccnc3)C1C1CCC2C1. The zero-order valence-electron chi connectivity index (χ0n) is 14.1. The number of nitrogens with one attached hydrogen (secondary N) is 1. The van der Waals surface area contributed by atoms with Crippen molar-refractivity contribution in [3.05, 3.63) is 60.2 Å². The van der Waals surface area contributed by atoms with Gasteiger partial charge in [-0.15, -0.1) is 0 Å². The van der Waals surface area contributed by atoms with Crippen molar-refractivity contribution in [2.45, 2.75) is 24.9 Å². The second kappa shape index (κ2) is 5.62. The lowest BCUT2D eigenvalue weighted by Crippen LogP contribution is -2.53. The number of carbonyl (C=O) groups is 1. The molecule has 132 valence electrons.